The molecular weight excluding hydrogens is 206 g/mol. The van der Waals surface area contributed by atoms with Crippen LogP contribution >= 0.6 is 0 Å². The van der Waals surface area contributed by atoms with E-state index in [0.717, 1.165) is 0 Å². The van der Waals surface area contributed by atoms with E-state index in [-0.39, 0.29) is 12.1 Å². The molecule has 0 aliphatic rings. The minimum absolute atomic E-state index is 0.135. The Morgan fingerprint density at radius 1 is 1.67 bits per heavy atom. The predicted molar refractivity (Wildman–Crippen MR) is 48.9 cm³/mol. The van der Waals surface area contributed by atoms with Crippen LogP contribution in [0.1, 0.15) is 37.1 Å². The summed E-state index contributed by atoms with van der Waals surface area (Å²) in [4.78, 5) is 10.4. The number of hydrogen-bond donors (Lipinski definition) is 1. The zero-order valence-corrected chi connectivity index (χ0v) is 8.44. The van der Waals surface area contributed by atoms with Crippen molar-refractivity contribution in [1.29, 1.82) is 0 Å². The van der Waals surface area contributed by atoms with Crippen LogP contribution in [0.2, 0.25) is 0 Å². The van der Waals surface area contributed by atoms with Gasteiger partial charge in [0.05, 0.1) is 12.5 Å². The minimum atomic E-state index is -2.62. The van der Waals surface area contributed by atoms with E-state index in [2.05, 4.69) is 5.10 Å². The van der Waals surface area contributed by atoms with E-state index < -0.39 is 18.4 Å². The molecule has 0 fully saturated rings. The fraction of sp³-hybridized carbons (Fsp3) is 0.556. The van der Waals surface area contributed by atoms with Gasteiger partial charge >= 0.3 is 5.97 Å². The third-order valence-corrected chi connectivity index (χ3v) is 2.08. The van der Waals surface area contributed by atoms with Crippen molar-refractivity contribution in [1.82, 2.24) is 9.78 Å². The highest BCUT2D eigenvalue weighted by atomic mass is 19.3. The first-order valence-electron chi connectivity index (χ1n) is 4.47. The molecule has 0 saturated heterocycles. The second-order valence-electron chi connectivity index (χ2n) is 3.42. The maximum atomic E-state index is 12.4. The first kappa shape index (κ1) is 11.6. The molecule has 1 N–H and O–H groups in total. The number of alkyl halides is 2. The molecular formula is C9H12F2N2O2. The normalized spacial score (nSPS) is 13.1. The van der Waals surface area contributed by atoms with Gasteiger partial charge in [-0.2, -0.15) is 5.10 Å². The molecule has 0 saturated carbocycles. The van der Waals surface area contributed by atoms with Crippen LogP contribution in [0.25, 0.3) is 0 Å². The molecule has 1 heterocycles. The van der Waals surface area contributed by atoms with Crippen LogP contribution in [0.3, 0.4) is 0 Å². The fourth-order valence-electron chi connectivity index (χ4n) is 1.28. The summed E-state index contributed by atoms with van der Waals surface area (Å²) in [6.07, 6.45) is -1.32. The van der Waals surface area contributed by atoms with Crippen LogP contribution in [0.15, 0.2) is 6.20 Å². The Morgan fingerprint density at radius 2 is 2.27 bits per heavy atom. The van der Waals surface area contributed by atoms with E-state index in [1.165, 1.54) is 17.8 Å². The maximum absolute atomic E-state index is 12.4. The number of carboxylic acid groups (broad SMARTS) is 1. The van der Waals surface area contributed by atoms with E-state index in [4.69, 9.17) is 5.11 Å². The quantitative estimate of drug-likeness (QED) is 0.842. The second-order valence-corrected chi connectivity index (χ2v) is 3.42. The number of aromatic nitrogens is 2. The molecule has 84 valence electrons. The molecule has 0 bridgehead atoms. The van der Waals surface area contributed by atoms with Gasteiger partial charge in [-0.1, -0.05) is 0 Å². The minimum Gasteiger partial charge on any atom is -0.481 e. The SMILES string of the molecule is Cc1cn(C(C)CC(=O)O)nc1C(F)F. The van der Waals surface area contributed by atoms with Gasteiger partial charge in [0, 0.05) is 6.20 Å². The van der Waals surface area contributed by atoms with Crippen molar-refractivity contribution in [2.75, 3.05) is 0 Å². The van der Waals surface area contributed by atoms with Crippen LogP contribution in [0, 0.1) is 6.92 Å². The van der Waals surface area contributed by atoms with Crippen molar-refractivity contribution in [2.24, 2.45) is 0 Å². The van der Waals surface area contributed by atoms with Crippen LogP contribution < -0.4 is 0 Å². The van der Waals surface area contributed by atoms with Gasteiger partial charge in [-0.3, -0.25) is 9.48 Å². The third-order valence-electron chi connectivity index (χ3n) is 2.08. The van der Waals surface area contributed by atoms with Gasteiger partial charge in [-0.25, -0.2) is 8.78 Å². The second kappa shape index (κ2) is 4.37. The number of carboxylic acids is 1. The predicted octanol–water partition coefficient (Wildman–Crippen LogP) is 2.16. The van der Waals surface area contributed by atoms with E-state index in [9.17, 15) is 13.6 Å². The molecule has 1 aromatic heterocycles. The number of halogens is 2. The Hall–Kier alpha value is -1.46. The lowest BCUT2D eigenvalue weighted by molar-refractivity contribution is -0.137. The molecule has 6 heteroatoms. The first-order chi connectivity index (χ1) is 6.91. The molecule has 15 heavy (non-hydrogen) atoms. The molecule has 0 spiro atoms. The number of carbonyl (C=O) groups is 1. The Morgan fingerprint density at radius 3 is 2.67 bits per heavy atom. The van der Waals surface area contributed by atoms with Crippen molar-refractivity contribution < 1.29 is 18.7 Å². The molecule has 1 rings (SSSR count). The van der Waals surface area contributed by atoms with Crippen molar-refractivity contribution in [3.8, 4) is 0 Å². The number of rotatable bonds is 4. The average molecular weight is 218 g/mol. The highest BCUT2D eigenvalue weighted by Crippen LogP contribution is 2.22. The largest absolute Gasteiger partial charge is 0.481 e. The summed E-state index contributed by atoms with van der Waals surface area (Å²) in [7, 11) is 0. The molecule has 1 aromatic rings. The number of hydrogen-bond acceptors (Lipinski definition) is 2. The number of nitrogens with zero attached hydrogens (tertiary/aromatic N) is 2. The van der Waals surface area contributed by atoms with Crippen LogP contribution in [0.5, 0.6) is 0 Å². The lowest BCUT2D eigenvalue weighted by atomic mass is 10.2. The van der Waals surface area contributed by atoms with Gasteiger partial charge in [-0.15, -0.1) is 0 Å². The number of aliphatic carboxylic acids is 1. The van der Waals surface area contributed by atoms with Crippen LogP contribution in [0.4, 0.5) is 8.78 Å². The summed E-state index contributed by atoms with van der Waals surface area (Å²) < 4.78 is 26.0. The highest BCUT2D eigenvalue weighted by Gasteiger charge is 2.18. The highest BCUT2D eigenvalue weighted by molar-refractivity contribution is 5.67. The number of aryl methyl sites for hydroxylation is 1. The zero-order chi connectivity index (χ0) is 11.6. The van der Waals surface area contributed by atoms with E-state index in [0.29, 0.717) is 5.56 Å². The van der Waals surface area contributed by atoms with Crippen molar-refractivity contribution in [3.05, 3.63) is 17.5 Å². The first-order valence-corrected chi connectivity index (χ1v) is 4.47. The molecule has 0 aliphatic heterocycles. The van der Waals surface area contributed by atoms with Gasteiger partial charge in [0.25, 0.3) is 6.43 Å². The summed E-state index contributed by atoms with van der Waals surface area (Å²) in [6, 6.07) is -0.423. The van der Waals surface area contributed by atoms with Crippen molar-refractivity contribution in [2.45, 2.75) is 32.7 Å². The Balaban J connectivity index is 2.87. The fourth-order valence-corrected chi connectivity index (χ4v) is 1.28. The summed E-state index contributed by atoms with van der Waals surface area (Å²) in [5.74, 6) is -0.978. The lowest BCUT2D eigenvalue weighted by Crippen LogP contribution is -2.11. The van der Waals surface area contributed by atoms with Crippen molar-refractivity contribution >= 4 is 5.97 Å². The molecule has 0 radical (unpaired) electrons. The summed E-state index contributed by atoms with van der Waals surface area (Å²) >= 11 is 0. The Labute approximate surface area is 85.5 Å². The van der Waals surface area contributed by atoms with Gasteiger partial charge in [0.15, 0.2) is 0 Å². The standard InChI is InChI=1S/C9H12F2N2O2/c1-5-4-13(6(2)3-7(14)15)12-8(5)9(10)11/h4,6,9H,3H2,1-2H3,(H,14,15). The van der Waals surface area contributed by atoms with Gasteiger partial charge in [-0.05, 0) is 19.4 Å². The van der Waals surface area contributed by atoms with Crippen molar-refractivity contribution in [3.63, 3.8) is 0 Å². The Bertz CT molecular complexity index is 363. The smallest absolute Gasteiger partial charge is 0.305 e. The van der Waals surface area contributed by atoms with E-state index in [1.54, 1.807) is 6.92 Å². The molecule has 0 aliphatic carbocycles. The van der Waals surface area contributed by atoms with Gasteiger partial charge < -0.3 is 5.11 Å². The third kappa shape index (κ3) is 2.74. The Kier molecular flexibility index (Phi) is 3.39. The topological polar surface area (TPSA) is 55.1 Å². The van der Waals surface area contributed by atoms with Crippen LogP contribution in [-0.4, -0.2) is 20.9 Å². The monoisotopic (exact) mass is 218 g/mol. The van der Waals surface area contributed by atoms with Gasteiger partial charge in [0.2, 0.25) is 0 Å². The zero-order valence-electron chi connectivity index (χ0n) is 8.44. The lowest BCUT2D eigenvalue weighted by Gasteiger charge is -2.08. The van der Waals surface area contributed by atoms with Gasteiger partial charge in [0.1, 0.15) is 5.69 Å². The van der Waals surface area contributed by atoms with E-state index >= 15 is 0 Å². The molecule has 0 aromatic carbocycles. The van der Waals surface area contributed by atoms with Crippen LogP contribution in [-0.2, 0) is 4.79 Å². The molecule has 0 amide bonds. The summed E-state index contributed by atoms with van der Waals surface area (Å²) in [5.41, 5.74) is 0.0921. The summed E-state index contributed by atoms with van der Waals surface area (Å²) in [5, 5.41) is 12.2. The van der Waals surface area contributed by atoms with E-state index in [1.807, 2.05) is 0 Å². The summed E-state index contributed by atoms with van der Waals surface area (Å²) in [6.45, 7) is 3.15. The average Bonchev–Trinajstić information content (AvgIpc) is 2.46. The maximum Gasteiger partial charge on any atom is 0.305 e. The molecule has 1 unspecified atom stereocenters. The molecule has 1 atom stereocenters. The molecule has 4 nitrogen and oxygen atoms in total.